The molecule has 0 aliphatic heterocycles. The minimum atomic E-state index is -0.545. The third-order valence-electron chi connectivity index (χ3n) is 5.16. The minimum Gasteiger partial charge on any atom is -0.444 e. The molecule has 2 aromatic rings. The number of anilines is 1. The van der Waals surface area contributed by atoms with Gasteiger partial charge in [0.2, 0.25) is 0 Å². The van der Waals surface area contributed by atoms with Crippen LogP contribution in [0, 0.1) is 3.57 Å². The van der Waals surface area contributed by atoms with Crippen molar-refractivity contribution >= 4 is 57.6 Å². The molecule has 0 saturated carbocycles. The Kier molecular flexibility index (Phi) is 6.61. The van der Waals surface area contributed by atoms with E-state index < -0.39 is 5.60 Å². The molecule has 4 nitrogen and oxygen atoms in total. The number of hydrogen-bond donors (Lipinski definition) is 1. The summed E-state index contributed by atoms with van der Waals surface area (Å²) in [5.41, 5.74) is 9.72. The SMILES string of the molecule is CN(C(=O)OC(C)(C)C)C1CCC(c2ccc(Cl)c(Cl)c2)c2cc(I)c(N)cc21. The number of carbonyl (C=O) groups is 1. The van der Waals surface area contributed by atoms with E-state index in [9.17, 15) is 4.79 Å². The fraction of sp³-hybridized carbons (Fsp3) is 0.409. The zero-order valence-corrected chi connectivity index (χ0v) is 20.6. The molecule has 0 bridgehead atoms. The highest BCUT2D eigenvalue weighted by Crippen LogP contribution is 2.46. The van der Waals surface area contributed by atoms with Crippen molar-refractivity contribution < 1.29 is 9.53 Å². The number of fused-ring (bicyclic) bond motifs is 1. The van der Waals surface area contributed by atoms with Crippen molar-refractivity contribution in [3.05, 3.63) is 60.6 Å². The number of nitrogens with zero attached hydrogens (tertiary/aromatic N) is 1. The van der Waals surface area contributed by atoms with E-state index in [2.05, 4.69) is 28.7 Å². The number of amides is 1. The fourth-order valence-corrected chi connectivity index (χ4v) is 4.59. The number of rotatable bonds is 2. The molecule has 0 radical (unpaired) electrons. The number of hydrogen-bond acceptors (Lipinski definition) is 3. The largest absolute Gasteiger partial charge is 0.444 e. The first-order valence-electron chi connectivity index (χ1n) is 9.47. The number of carbonyl (C=O) groups excluding carboxylic acids is 1. The van der Waals surface area contributed by atoms with Gasteiger partial charge in [-0.15, -0.1) is 0 Å². The summed E-state index contributed by atoms with van der Waals surface area (Å²) in [4.78, 5) is 14.4. The van der Waals surface area contributed by atoms with E-state index >= 15 is 0 Å². The number of benzene rings is 2. The first-order valence-corrected chi connectivity index (χ1v) is 11.3. The van der Waals surface area contributed by atoms with Gasteiger partial charge in [0.1, 0.15) is 5.60 Å². The van der Waals surface area contributed by atoms with Gasteiger partial charge in [0, 0.05) is 22.2 Å². The molecule has 0 saturated heterocycles. The lowest BCUT2D eigenvalue weighted by Gasteiger charge is -2.38. The van der Waals surface area contributed by atoms with Crippen LogP contribution in [0.25, 0.3) is 0 Å². The van der Waals surface area contributed by atoms with Crippen molar-refractivity contribution in [2.45, 2.75) is 51.2 Å². The Morgan fingerprint density at radius 3 is 2.45 bits per heavy atom. The molecule has 1 amide bonds. The predicted molar refractivity (Wildman–Crippen MR) is 128 cm³/mol. The van der Waals surface area contributed by atoms with Gasteiger partial charge < -0.3 is 15.4 Å². The number of ether oxygens (including phenoxy) is 1. The van der Waals surface area contributed by atoms with Gasteiger partial charge in [0.15, 0.2) is 0 Å². The average Bonchev–Trinajstić information content (AvgIpc) is 2.62. The standard InChI is InChI=1S/C22H25Cl2IN2O2/c1-22(2,3)29-21(28)27(4)20-8-6-13(12-5-7-16(23)17(24)9-12)14-10-18(25)19(26)11-15(14)20/h5,7,9-11,13,20H,6,8,26H2,1-4H3. The molecule has 0 spiro atoms. The Hall–Kier alpha value is -1.18. The van der Waals surface area contributed by atoms with Crippen molar-refractivity contribution in [1.29, 1.82) is 0 Å². The van der Waals surface area contributed by atoms with Gasteiger partial charge >= 0.3 is 6.09 Å². The van der Waals surface area contributed by atoms with E-state index in [4.69, 9.17) is 33.7 Å². The molecule has 29 heavy (non-hydrogen) atoms. The van der Waals surface area contributed by atoms with Crippen LogP contribution in [0.15, 0.2) is 30.3 Å². The molecule has 3 rings (SSSR count). The molecule has 2 atom stereocenters. The van der Waals surface area contributed by atoms with Gasteiger partial charge in [-0.1, -0.05) is 29.3 Å². The first-order chi connectivity index (χ1) is 13.5. The maximum Gasteiger partial charge on any atom is 0.410 e. The molecule has 2 unspecified atom stereocenters. The molecule has 0 aromatic heterocycles. The van der Waals surface area contributed by atoms with Gasteiger partial charge in [-0.25, -0.2) is 4.79 Å². The van der Waals surface area contributed by atoms with Gasteiger partial charge in [-0.3, -0.25) is 0 Å². The van der Waals surface area contributed by atoms with Crippen molar-refractivity contribution in [2.24, 2.45) is 0 Å². The van der Waals surface area contributed by atoms with Crippen molar-refractivity contribution in [1.82, 2.24) is 4.90 Å². The Morgan fingerprint density at radius 1 is 1.14 bits per heavy atom. The van der Waals surface area contributed by atoms with Crippen LogP contribution < -0.4 is 5.73 Å². The molecule has 156 valence electrons. The topological polar surface area (TPSA) is 55.6 Å². The van der Waals surface area contributed by atoms with Crippen LogP contribution in [0.5, 0.6) is 0 Å². The van der Waals surface area contributed by atoms with Crippen LogP contribution in [0.4, 0.5) is 10.5 Å². The molecule has 1 aliphatic rings. The summed E-state index contributed by atoms with van der Waals surface area (Å²) >= 11 is 14.6. The molecular weight excluding hydrogens is 522 g/mol. The Morgan fingerprint density at radius 2 is 1.83 bits per heavy atom. The van der Waals surface area contributed by atoms with Crippen LogP contribution >= 0.6 is 45.8 Å². The lowest BCUT2D eigenvalue weighted by molar-refractivity contribution is 0.0202. The fourth-order valence-electron chi connectivity index (χ4n) is 3.79. The average molecular weight is 547 g/mol. The van der Waals surface area contributed by atoms with Crippen LogP contribution in [0.2, 0.25) is 10.0 Å². The Bertz CT molecular complexity index is 943. The second-order valence-electron chi connectivity index (χ2n) is 8.41. The lowest BCUT2D eigenvalue weighted by Crippen LogP contribution is -2.38. The van der Waals surface area contributed by atoms with Crippen molar-refractivity contribution in [3.63, 3.8) is 0 Å². The normalized spacial score (nSPS) is 18.9. The summed E-state index contributed by atoms with van der Waals surface area (Å²) < 4.78 is 6.58. The quantitative estimate of drug-likeness (QED) is 0.325. The van der Waals surface area contributed by atoms with Gasteiger partial charge in [-0.05, 0) is 97.2 Å². The summed E-state index contributed by atoms with van der Waals surface area (Å²) in [6.07, 6.45) is 1.34. The summed E-state index contributed by atoms with van der Waals surface area (Å²) in [6.45, 7) is 5.61. The van der Waals surface area contributed by atoms with E-state index in [1.54, 1.807) is 11.9 Å². The summed E-state index contributed by atoms with van der Waals surface area (Å²) in [5, 5.41) is 1.09. The number of nitrogen functional groups attached to an aromatic ring is 1. The summed E-state index contributed by atoms with van der Waals surface area (Å²) in [7, 11) is 1.79. The van der Waals surface area contributed by atoms with Crippen molar-refractivity contribution in [2.75, 3.05) is 12.8 Å². The lowest BCUT2D eigenvalue weighted by atomic mass is 9.76. The number of halogens is 3. The third kappa shape index (κ3) is 4.94. The van der Waals surface area contributed by atoms with E-state index in [-0.39, 0.29) is 18.1 Å². The van der Waals surface area contributed by atoms with Crippen LogP contribution in [-0.4, -0.2) is 23.6 Å². The minimum absolute atomic E-state index is 0.0989. The molecule has 2 N–H and O–H groups in total. The van der Waals surface area contributed by atoms with Gasteiger partial charge in [-0.2, -0.15) is 0 Å². The molecule has 2 aromatic carbocycles. The second-order valence-corrected chi connectivity index (χ2v) is 10.4. The maximum atomic E-state index is 12.7. The zero-order chi connectivity index (χ0) is 21.5. The van der Waals surface area contributed by atoms with Gasteiger partial charge in [0.25, 0.3) is 0 Å². The molecule has 0 heterocycles. The van der Waals surface area contributed by atoms with E-state index in [1.165, 1.54) is 0 Å². The molecule has 1 aliphatic carbocycles. The molecule has 7 heteroatoms. The van der Waals surface area contributed by atoms with E-state index in [0.717, 1.165) is 33.1 Å². The predicted octanol–water partition coefficient (Wildman–Crippen LogP) is 7.01. The van der Waals surface area contributed by atoms with Gasteiger partial charge in [0.05, 0.1) is 16.1 Å². The van der Waals surface area contributed by atoms with Crippen LogP contribution in [-0.2, 0) is 4.74 Å². The number of nitrogens with two attached hydrogens (primary N) is 1. The van der Waals surface area contributed by atoms with E-state index in [0.29, 0.717) is 15.7 Å². The van der Waals surface area contributed by atoms with E-state index in [1.807, 2.05) is 45.0 Å². The molecular formula is C22H25Cl2IN2O2. The first kappa shape index (κ1) is 22.5. The maximum absolute atomic E-state index is 12.7. The zero-order valence-electron chi connectivity index (χ0n) is 16.9. The highest BCUT2D eigenvalue weighted by Gasteiger charge is 2.34. The monoisotopic (exact) mass is 546 g/mol. The van der Waals surface area contributed by atoms with Crippen LogP contribution in [0.3, 0.4) is 0 Å². The summed E-state index contributed by atoms with van der Waals surface area (Å²) in [6, 6.07) is 9.79. The smallest absolute Gasteiger partial charge is 0.410 e. The Balaban J connectivity index is 2.02. The highest BCUT2D eigenvalue weighted by molar-refractivity contribution is 14.1. The van der Waals surface area contributed by atoms with Crippen molar-refractivity contribution in [3.8, 4) is 0 Å². The summed E-state index contributed by atoms with van der Waals surface area (Å²) in [5.74, 6) is 0.164. The van der Waals surface area contributed by atoms with Crippen LogP contribution in [0.1, 0.15) is 62.3 Å². The second kappa shape index (κ2) is 8.52. The Labute approximate surface area is 195 Å². The molecule has 0 fully saturated rings. The highest BCUT2D eigenvalue weighted by atomic mass is 127. The third-order valence-corrected chi connectivity index (χ3v) is 6.83.